The number of benzene rings is 2. The third kappa shape index (κ3) is 4.01. The highest BCUT2D eigenvalue weighted by Crippen LogP contribution is 2.28. The van der Waals surface area contributed by atoms with Crippen molar-refractivity contribution in [1.82, 2.24) is 0 Å². The molecule has 0 fully saturated rings. The maximum absolute atomic E-state index is 12.3. The lowest BCUT2D eigenvalue weighted by Crippen LogP contribution is -2.13. The van der Waals surface area contributed by atoms with Crippen LogP contribution in [0.4, 0.5) is 5.69 Å². The quantitative estimate of drug-likeness (QED) is 0.816. The lowest BCUT2D eigenvalue weighted by Gasteiger charge is -2.10. The molecule has 0 bridgehead atoms. The summed E-state index contributed by atoms with van der Waals surface area (Å²) < 4.78 is 50.4. The molecule has 0 unspecified atom stereocenters. The zero-order valence-corrected chi connectivity index (χ0v) is 15.2. The van der Waals surface area contributed by atoms with E-state index in [1.165, 1.54) is 30.3 Å². The summed E-state index contributed by atoms with van der Waals surface area (Å²) in [5, 5.41) is 0.241. The first-order valence-electron chi connectivity index (χ1n) is 5.87. The molecule has 118 valence electrons. The average Bonchev–Trinajstić information content (AvgIpc) is 2.41. The fourth-order valence-electron chi connectivity index (χ4n) is 1.64. The van der Waals surface area contributed by atoms with Gasteiger partial charge in [-0.2, -0.15) is 0 Å². The molecule has 2 aromatic rings. The van der Waals surface area contributed by atoms with E-state index in [1.54, 1.807) is 12.1 Å². The molecule has 0 aliphatic rings. The molecule has 0 radical (unpaired) electrons. The van der Waals surface area contributed by atoms with Gasteiger partial charge in [-0.05, 0) is 42.5 Å². The smallest absolute Gasteiger partial charge is 0.261 e. The van der Waals surface area contributed by atoms with E-state index in [0.29, 0.717) is 0 Å². The average molecular weight is 425 g/mol. The van der Waals surface area contributed by atoms with Crippen molar-refractivity contribution < 1.29 is 16.8 Å². The van der Waals surface area contributed by atoms with Gasteiger partial charge >= 0.3 is 0 Å². The highest BCUT2D eigenvalue weighted by molar-refractivity contribution is 9.10. The number of halogens is 2. The van der Waals surface area contributed by atoms with Crippen LogP contribution in [0.1, 0.15) is 0 Å². The van der Waals surface area contributed by atoms with E-state index in [0.717, 1.165) is 10.7 Å². The molecule has 0 spiro atoms. The Hall–Kier alpha value is -1.09. The van der Waals surface area contributed by atoms with E-state index in [4.69, 9.17) is 11.6 Å². The van der Waals surface area contributed by atoms with Gasteiger partial charge in [0.15, 0.2) is 9.84 Å². The summed E-state index contributed by atoms with van der Waals surface area (Å²) in [6.45, 7) is 0. The van der Waals surface area contributed by atoms with Gasteiger partial charge in [0.2, 0.25) is 0 Å². The highest BCUT2D eigenvalue weighted by atomic mass is 79.9. The van der Waals surface area contributed by atoms with Gasteiger partial charge in [-0.15, -0.1) is 0 Å². The first-order valence-corrected chi connectivity index (χ1v) is 10.4. The summed E-state index contributed by atoms with van der Waals surface area (Å²) in [6, 6.07) is 9.68. The number of hydrogen-bond donors (Lipinski definition) is 1. The van der Waals surface area contributed by atoms with E-state index in [1.807, 2.05) is 0 Å². The first kappa shape index (κ1) is 17.3. The molecule has 0 atom stereocenters. The molecule has 9 heteroatoms. The summed E-state index contributed by atoms with van der Waals surface area (Å²) in [7, 11) is -7.23. The second-order valence-electron chi connectivity index (χ2n) is 4.47. The molecule has 5 nitrogen and oxygen atoms in total. The molecule has 0 saturated carbocycles. The summed E-state index contributed by atoms with van der Waals surface area (Å²) >= 11 is 9.20. The normalized spacial score (nSPS) is 12.1. The third-order valence-electron chi connectivity index (χ3n) is 2.74. The highest BCUT2D eigenvalue weighted by Gasteiger charge is 2.17. The van der Waals surface area contributed by atoms with Crippen molar-refractivity contribution >= 4 is 53.1 Å². The third-order valence-corrected chi connectivity index (χ3v) is 6.05. The maximum atomic E-state index is 12.3. The molecule has 0 aromatic heterocycles. The van der Waals surface area contributed by atoms with Crippen molar-refractivity contribution in [2.24, 2.45) is 0 Å². The molecular formula is C13H11BrClNO4S2. The lowest BCUT2D eigenvalue weighted by molar-refractivity contribution is 0.597. The SMILES string of the molecule is CS(=O)(=O)c1ccc(S(=O)(=O)Nc2ccc(Br)cc2Cl)cc1. The zero-order valence-electron chi connectivity index (χ0n) is 11.2. The van der Waals surface area contributed by atoms with Crippen LogP contribution in [0, 0.1) is 0 Å². The van der Waals surface area contributed by atoms with Gasteiger partial charge in [-0.3, -0.25) is 4.72 Å². The largest absolute Gasteiger partial charge is 0.278 e. The van der Waals surface area contributed by atoms with Gasteiger partial charge < -0.3 is 0 Å². The second kappa shape index (κ2) is 6.19. The van der Waals surface area contributed by atoms with Crippen LogP contribution in [0.25, 0.3) is 0 Å². The second-order valence-corrected chi connectivity index (χ2v) is 9.49. The minimum Gasteiger partial charge on any atom is -0.278 e. The van der Waals surface area contributed by atoms with Crippen molar-refractivity contribution in [2.75, 3.05) is 11.0 Å². The van der Waals surface area contributed by atoms with Crippen LogP contribution in [-0.2, 0) is 19.9 Å². The Kier molecular flexibility index (Phi) is 4.86. The standard InChI is InChI=1S/C13H11BrClNO4S2/c1-21(17,18)10-3-5-11(6-4-10)22(19,20)16-13-7-2-9(14)8-12(13)15/h2-8,16H,1H3. The van der Waals surface area contributed by atoms with E-state index in [-0.39, 0.29) is 20.5 Å². The number of anilines is 1. The van der Waals surface area contributed by atoms with Gasteiger partial charge in [0, 0.05) is 10.7 Å². The van der Waals surface area contributed by atoms with E-state index >= 15 is 0 Å². The van der Waals surface area contributed by atoms with Crippen LogP contribution in [0.5, 0.6) is 0 Å². The van der Waals surface area contributed by atoms with Crippen molar-refractivity contribution in [3.05, 3.63) is 52.0 Å². The minimum absolute atomic E-state index is 0.0492. The Labute approximate surface area is 142 Å². The lowest BCUT2D eigenvalue weighted by atomic mass is 10.3. The molecule has 0 amide bonds. The topological polar surface area (TPSA) is 80.3 Å². The fourth-order valence-corrected chi connectivity index (χ4v) is 4.13. The Morgan fingerprint density at radius 2 is 1.50 bits per heavy atom. The van der Waals surface area contributed by atoms with Crippen LogP contribution in [-0.4, -0.2) is 23.1 Å². The predicted octanol–water partition coefficient (Wildman–Crippen LogP) is 3.31. The minimum atomic E-state index is -3.86. The van der Waals surface area contributed by atoms with Gasteiger partial charge in [0.25, 0.3) is 10.0 Å². The van der Waals surface area contributed by atoms with Crippen LogP contribution in [0.15, 0.2) is 56.7 Å². The number of hydrogen-bond acceptors (Lipinski definition) is 4. The summed E-state index contributed by atoms with van der Waals surface area (Å²) in [6.07, 6.45) is 1.05. The van der Waals surface area contributed by atoms with Crippen molar-refractivity contribution in [2.45, 2.75) is 9.79 Å². The van der Waals surface area contributed by atoms with Gasteiger partial charge in [0.1, 0.15) is 0 Å². The van der Waals surface area contributed by atoms with E-state index < -0.39 is 19.9 Å². The Bertz CT molecular complexity index is 910. The van der Waals surface area contributed by atoms with Crippen molar-refractivity contribution in [3.8, 4) is 0 Å². The number of sulfone groups is 1. The van der Waals surface area contributed by atoms with Gasteiger partial charge in [-0.25, -0.2) is 16.8 Å². The number of sulfonamides is 1. The molecule has 2 rings (SSSR count). The number of nitrogens with one attached hydrogen (secondary N) is 1. The first-order chi connectivity index (χ1) is 10.1. The molecule has 0 saturated heterocycles. The van der Waals surface area contributed by atoms with Crippen molar-refractivity contribution in [1.29, 1.82) is 0 Å². The van der Waals surface area contributed by atoms with Crippen molar-refractivity contribution in [3.63, 3.8) is 0 Å². The Balaban J connectivity index is 2.34. The molecule has 0 aliphatic heterocycles. The maximum Gasteiger partial charge on any atom is 0.261 e. The van der Waals surface area contributed by atoms with Gasteiger partial charge in [-0.1, -0.05) is 27.5 Å². The monoisotopic (exact) mass is 423 g/mol. The molecule has 1 N–H and O–H groups in total. The number of rotatable bonds is 4. The van der Waals surface area contributed by atoms with Gasteiger partial charge in [0.05, 0.1) is 20.5 Å². The Morgan fingerprint density at radius 1 is 0.955 bits per heavy atom. The van der Waals surface area contributed by atoms with E-state index in [2.05, 4.69) is 20.7 Å². The van der Waals surface area contributed by atoms with Crippen LogP contribution in [0.3, 0.4) is 0 Å². The summed E-state index contributed by atoms with van der Waals surface area (Å²) in [5.41, 5.74) is 0.233. The van der Waals surface area contributed by atoms with Crippen LogP contribution >= 0.6 is 27.5 Å². The fraction of sp³-hybridized carbons (Fsp3) is 0.0769. The predicted molar refractivity (Wildman–Crippen MR) is 89.5 cm³/mol. The summed E-state index contributed by atoms with van der Waals surface area (Å²) in [5.74, 6) is 0. The zero-order chi connectivity index (χ0) is 16.5. The summed E-state index contributed by atoms with van der Waals surface area (Å²) in [4.78, 5) is -0.00740. The Morgan fingerprint density at radius 3 is 2.00 bits per heavy atom. The van der Waals surface area contributed by atoms with Crippen LogP contribution < -0.4 is 4.72 Å². The molecule has 0 heterocycles. The molecule has 2 aromatic carbocycles. The van der Waals surface area contributed by atoms with E-state index in [9.17, 15) is 16.8 Å². The molecule has 0 aliphatic carbocycles. The van der Waals surface area contributed by atoms with Crippen LogP contribution in [0.2, 0.25) is 5.02 Å². The molecular weight excluding hydrogens is 414 g/mol. The molecule has 22 heavy (non-hydrogen) atoms.